The molecule has 21 heavy (non-hydrogen) atoms. The molecule has 1 heterocycles. The molecular formula is C17H25N3O. The summed E-state index contributed by atoms with van der Waals surface area (Å²) >= 11 is 0. The summed E-state index contributed by atoms with van der Waals surface area (Å²) in [4.78, 5) is 0. The van der Waals surface area contributed by atoms with E-state index in [-0.39, 0.29) is 0 Å². The Hall–Kier alpha value is -1.81. The zero-order valence-electron chi connectivity index (χ0n) is 13.2. The Labute approximate surface area is 127 Å². The highest BCUT2D eigenvalue weighted by Crippen LogP contribution is 2.15. The standard InChI is InChI=1S/C17H25N3O/c1-4-18-16(9-8-15-12-19-20(2)13-15)10-14-6-5-7-17(11-14)21-3/h5-7,11-13,16,18H,4,8-10H2,1-3H3. The lowest BCUT2D eigenvalue weighted by atomic mass is 10.00. The van der Waals surface area contributed by atoms with Crippen LogP contribution in [0.15, 0.2) is 36.7 Å². The van der Waals surface area contributed by atoms with Gasteiger partial charge in [-0.2, -0.15) is 5.10 Å². The zero-order valence-corrected chi connectivity index (χ0v) is 13.2. The second kappa shape index (κ2) is 7.84. The fourth-order valence-corrected chi connectivity index (χ4v) is 2.59. The average molecular weight is 287 g/mol. The summed E-state index contributed by atoms with van der Waals surface area (Å²) in [5.41, 5.74) is 2.61. The summed E-state index contributed by atoms with van der Waals surface area (Å²) in [6.45, 7) is 3.14. The van der Waals surface area contributed by atoms with Crippen molar-refractivity contribution in [2.24, 2.45) is 7.05 Å². The summed E-state index contributed by atoms with van der Waals surface area (Å²) < 4.78 is 7.16. The lowest BCUT2D eigenvalue weighted by molar-refractivity contribution is 0.413. The van der Waals surface area contributed by atoms with E-state index < -0.39 is 0 Å². The van der Waals surface area contributed by atoms with Crippen molar-refractivity contribution >= 4 is 0 Å². The van der Waals surface area contributed by atoms with Crippen LogP contribution in [0.1, 0.15) is 24.5 Å². The fraction of sp³-hybridized carbons (Fsp3) is 0.471. The molecule has 4 nitrogen and oxygen atoms in total. The van der Waals surface area contributed by atoms with Crippen molar-refractivity contribution in [1.29, 1.82) is 0 Å². The quantitative estimate of drug-likeness (QED) is 0.811. The van der Waals surface area contributed by atoms with Crippen molar-refractivity contribution in [2.75, 3.05) is 13.7 Å². The molecule has 2 rings (SSSR count). The molecule has 0 aliphatic carbocycles. The molecule has 0 saturated heterocycles. The van der Waals surface area contributed by atoms with Crippen molar-refractivity contribution in [3.8, 4) is 5.75 Å². The van der Waals surface area contributed by atoms with E-state index in [2.05, 4.69) is 41.7 Å². The van der Waals surface area contributed by atoms with E-state index >= 15 is 0 Å². The highest BCUT2D eigenvalue weighted by molar-refractivity contribution is 5.29. The second-order valence-electron chi connectivity index (χ2n) is 5.37. The summed E-state index contributed by atoms with van der Waals surface area (Å²) in [6.07, 6.45) is 7.22. The number of hydrogen-bond acceptors (Lipinski definition) is 3. The normalized spacial score (nSPS) is 12.3. The minimum absolute atomic E-state index is 0.474. The molecule has 0 aliphatic heterocycles. The first kappa shape index (κ1) is 15.6. The molecule has 0 aliphatic rings. The van der Waals surface area contributed by atoms with Crippen LogP contribution in [0.25, 0.3) is 0 Å². The first-order valence-corrected chi connectivity index (χ1v) is 7.55. The van der Waals surface area contributed by atoms with Crippen LogP contribution in [0.5, 0.6) is 5.75 Å². The van der Waals surface area contributed by atoms with Crippen LogP contribution in [0, 0.1) is 0 Å². The number of aryl methyl sites for hydroxylation is 2. The van der Waals surface area contributed by atoms with Gasteiger partial charge < -0.3 is 10.1 Å². The van der Waals surface area contributed by atoms with Gasteiger partial charge in [-0.1, -0.05) is 19.1 Å². The fourth-order valence-electron chi connectivity index (χ4n) is 2.59. The van der Waals surface area contributed by atoms with Gasteiger partial charge in [0.1, 0.15) is 5.75 Å². The predicted molar refractivity (Wildman–Crippen MR) is 85.7 cm³/mol. The van der Waals surface area contributed by atoms with E-state index in [1.54, 1.807) is 7.11 Å². The highest BCUT2D eigenvalue weighted by atomic mass is 16.5. The lowest BCUT2D eigenvalue weighted by Gasteiger charge is -2.18. The Morgan fingerprint density at radius 3 is 2.86 bits per heavy atom. The van der Waals surface area contributed by atoms with Crippen LogP contribution in [0.4, 0.5) is 0 Å². The number of rotatable bonds is 8. The molecule has 1 aromatic carbocycles. The van der Waals surface area contributed by atoms with Crippen molar-refractivity contribution < 1.29 is 4.74 Å². The summed E-state index contributed by atoms with van der Waals surface area (Å²) in [6, 6.07) is 8.80. The SMILES string of the molecule is CCNC(CCc1cnn(C)c1)Cc1cccc(OC)c1. The van der Waals surface area contributed by atoms with E-state index in [0.29, 0.717) is 6.04 Å². The lowest BCUT2D eigenvalue weighted by Crippen LogP contribution is -2.31. The van der Waals surface area contributed by atoms with Gasteiger partial charge in [0.05, 0.1) is 13.3 Å². The summed E-state index contributed by atoms with van der Waals surface area (Å²) in [5.74, 6) is 0.926. The largest absolute Gasteiger partial charge is 0.497 e. The van der Waals surface area contributed by atoms with Crippen LogP contribution in [-0.2, 0) is 19.9 Å². The molecule has 0 saturated carbocycles. The number of ether oxygens (including phenoxy) is 1. The minimum atomic E-state index is 0.474. The smallest absolute Gasteiger partial charge is 0.119 e. The van der Waals surface area contributed by atoms with E-state index in [1.165, 1.54) is 11.1 Å². The minimum Gasteiger partial charge on any atom is -0.497 e. The number of nitrogens with one attached hydrogen (secondary N) is 1. The zero-order chi connectivity index (χ0) is 15.1. The molecule has 0 bridgehead atoms. The Morgan fingerprint density at radius 2 is 2.19 bits per heavy atom. The molecule has 0 spiro atoms. The third-order valence-electron chi connectivity index (χ3n) is 3.65. The topological polar surface area (TPSA) is 39.1 Å². The molecule has 2 aromatic rings. The molecule has 114 valence electrons. The number of nitrogens with zero attached hydrogens (tertiary/aromatic N) is 2. The Kier molecular flexibility index (Phi) is 5.81. The van der Waals surface area contributed by atoms with E-state index in [9.17, 15) is 0 Å². The van der Waals surface area contributed by atoms with Gasteiger partial charge in [-0.05, 0) is 49.1 Å². The van der Waals surface area contributed by atoms with Crippen molar-refractivity contribution in [3.05, 3.63) is 47.8 Å². The molecule has 1 unspecified atom stereocenters. The van der Waals surface area contributed by atoms with Crippen LogP contribution >= 0.6 is 0 Å². The predicted octanol–water partition coefficient (Wildman–Crippen LogP) is 2.58. The number of hydrogen-bond donors (Lipinski definition) is 1. The first-order valence-electron chi connectivity index (χ1n) is 7.55. The average Bonchev–Trinajstić information content (AvgIpc) is 2.91. The molecule has 0 fully saturated rings. The molecular weight excluding hydrogens is 262 g/mol. The van der Waals surface area contributed by atoms with E-state index in [1.807, 2.05) is 24.0 Å². The maximum Gasteiger partial charge on any atom is 0.119 e. The van der Waals surface area contributed by atoms with Gasteiger partial charge in [-0.3, -0.25) is 4.68 Å². The summed E-state index contributed by atoms with van der Waals surface area (Å²) in [7, 11) is 3.67. The number of methoxy groups -OCH3 is 1. The third kappa shape index (κ3) is 4.90. The van der Waals surface area contributed by atoms with E-state index in [0.717, 1.165) is 31.6 Å². The van der Waals surface area contributed by atoms with Crippen LogP contribution in [-0.4, -0.2) is 29.5 Å². The molecule has 4 heteroatoms. The Balaban J connectivity index is 1.94. The summed E-state index contributed by atoms with van der Waals surface area (Å²) in [5, 5.41) is 7.80. The van der Waals surface area contributed by atoms with Crippen LogP contribution in [0.3, 0.4) is 0 Å². The molecule has 1 N–H and O–H groups in total. The maximum absolute atomic E-state index is 5.30. The van der Waals surface area contributed by atoms with Crippen molar-refractivity contribution in [3.63, 3.8) is 0 Å². The number of benzene rings is 1. The molecule has 1 atom stereocenters. The van der Waals surface area contributed by atoms with Crippen molar-refractivity contribution in [1.82, 2.24) is 15.1 Å². The van der Waals surface area contributed by atoms with Gasteiger partial charge in [0.2, 0.25) is 0 Å². The molecule has 0 amide bonds. The molecule has 0 radical (unpaired) electrons. The molecule has 1 aromatic heterocycles. The second-order valence-corrected chi connectivity index (χ2v) is 5.37. The van der Waals surface area contributed by atoms with Gasteiger partial charge in [0.25, 0.3) is 0 Å². The van der Waals surface area contributed by atoms with Gasteiger partial charge >= 0.3 is 0 Å². The number of aromatic nitrogens is 2. The van der Waals surface area contributed by atoms with Crippen molar-refractivity contribution in [2.45, 2.75) is 32.2 Å². The maximum atomic E-state index is 5.30. The highest BCUT2D eigenvalue weighted by Gasteiger charge is 2.10. The Morgan fingerprint density at radius 1 is 1.33 bits per heavy atom. The van der Waals surface area contributed by atoms with E-state index in [4.69, 9.17) is 4.74 Å². The van der Waals surface area contributed by atoms with Crippen LogP contribution < -0.4 is 10.1 Å². The van der Waals surface area contributed by atoms with Gasteiger partial charge in [-0.25, -0.2) is 0 Å². The number of likely N-dealkylation sites (N-methyl/N-ethyl adjacent to an activating group) is 1. The van der Waals surface area contributed by atoms with Gasteiger partial charge in [-0.15, -0.1) is 0 Å². The van der Waals surface area contributed by atoms with Crippen LogP contribution in [0.2, 0.25) is 0 Å². The Bertz CT molecular complexity index is 550. The first-order chi connectivity index (χ1) is 10.2. The van der Waals surface area contributed by atoms with Gasteiger partial charge in [0, 0.05) is 19.3 Å². The monoisotopic (exact) mass is 287 g/mol. The van der Waals surface area contributed by atoms with Gasteiger partial charge in [0.15, 0.2) is 0 Å². The third-order valence-corrected chi connectivity index (χ3v) is 3.65.